The third-order valence-corrected chi connectivity index (χ3v) is 6.08. The molecule has 0 bridgehead atoms. The molecule has 6 aromatic rings. The van der Waals surface area contributed by atoms with Crippen LogP contribution in [0.3, 0.4) is 0 Å². The monoisotopic (exact) mass is 421 g/mol. The van der Waals surface area contributed by atoms with E-state index >= 15 is 0 Å². The molecule has 0 atom stereocenters. The van der Waals surface area contributed by atoms with Crippen LogP contribution in [0.25, 0.3) is 49.4 Å². The largest absolute Gasteiger partial charge is 0.309 e. The molecule has 0 saturated heterocycles. The summed E-state index contributed by atoms with van der Waals surface area (Å²) in [5, 5.41) is 5.29. The Morgan fingerprint density at radius 2 is 1.11 bits per heavy atom. The lowest BCUT2D eigenvalue weighted by atomic mass is 10.0. The standard InChI is InChI=1S/C26H16BrN/c27-21-9-1-7-19(15-21)20-8-2-10-22(16-20)28-23-11-3-5-17-13-14-18-6-4-12-24(28)26(18)25(17)23/h1-16H. The number of rotatable bonds is 2. The van der Waals surface area contributed by atoms with Crippen molar-refractivity contribution in [3.05, 3.63) is 102 Å². The average Bonchev–Trinajstić information content (AvgIpc) is 3.08. The van der Waals surface area contributed by atoms with Gasteiger partial charge in [0.1, 0.15) is 0 Å². The Kier molecular flexibility index (Phi) is 3.38. The quantitative estimate of drug-likeness (QED) is 0.251. The maximum absolute atomic E-state index is 3.59. The molecule has 5 aromatic carbocycles. The maximum atomic E-state index is 3.59. The average molecular weight is 422 g/mol. The summed E-state index contributed by atoms with van der Waals surface area (Å²) in [6, 6.07) is 34.9. The molecule has 0 spiro atoms. The molecule has 0 N–H and O–H groups in total. The first-order valence-corrected chi connectivity index (χ1v) is 10.2. The van der Waals surface area contributed by atoms with Crippen LogP contribution >= 0.6 is 15.9 Å². The number of nitrogens with zero attached hydrogens (tertiary/aromatic N) is 1. The Morgan fingerprint density at radius 1 is 0.536 bits per heavy atom. The second-order valence-electron chi connectivity index (χ2n) is 7.21. The summed E-state index contributed by atoms with van der Waals surface area (Å²) in [5.74, 6) is 0. The van der Waals surface area contributed by atoms with Gasteiger partial charge in [0.15, 0.2) is 0 Å². The topological polar surface area (TPSA) is 4.93 Å². The first-order valence-electron chi connectivity index (χ1n) is 9.40. The van der Waals surface area contributed by atoms with Crippen molar-refractivity contribution < 1.29 is 0 Å². The highest BCUT2D eigenvalue weighted by Crippen LogP contribution is 2.39. The number of hydrogen-bond acceptors (Lipinski definition) is 0. The fourth-order valence-corrected chi connectivity index (χ4v) is 4.79. The fraction of sp³-hybridized carbons (Fsp3) is 0. The van der Waals surface area contributed by atoms with Gasteiger partial charge in [0.2, 0.25) is 0 Å². The van der Waals surface area contributed by atoms with E-state index in [4.69, 9.17) is 0 Å². The van der Waals surface area contributed by atoms with E-state index in [-0.39, 0.29) is 0 Å². The van der Waals surface area contributed by atoms with Crippen LogP contribution in [0.5, 0.6) is 0 Å². The molecule has 0 aliphatic rings. The Balaban J connectivity index is 1.69. The van der Waals surface area contributed by atoms with Crippen LogP contribution in [-0.4, -0.2) is 4.57 Å². The SMILES string of the molecule is Brc1cccc(-c2cccc(-n3c4cccc5ccc6cccc3c6c54)c2)c1. The van der Waals surface area contributed by atoms with Gasteiger partial charge in [-0.1, -0.05) is 76.6 Å². The zero-order chi connectivity index (χ0) is 18.7. The molecule has 1 heterocycles. The highest BCUT2D eigenvalue weighted by molar-refractivity contribution is 9.10. The molecule has 0 fully saturated rings. The maximum Gasteiger partial charge on any atom is 0.0547 e. The lowest BCUT2D eigenvalue weighted by Crippen LogP contribution is -1.94. The van der Waals surface area contributed by atoms with E-state index in [2.05, 4.69) is 118 Å². The van der Waals surface area contributed by atoms with Gasteiger partial charge in [0.05, 0.1) is 11.0 Å². The van der Waals surface area contributed by atoms with E-state index in [9.17, 15) is 0 Å². The van der Waals surface area contributed by atoms with Crippen molar-refractivity contribution in [1.82, 2.24) is 4.57 Å². The minimum Gasteiger partial charge on any atom is -0.309 e. The van der Waals surface area contributed by atoms with Crippen LogP contribution in [0.4, 0.5) is 0 Å². The molecule has 132 valence electrons. The number of hydrogen-bond donors (Lipinski definition) is 0. The van der Waals surface area contributed by atoms with Gasteiger partial charge >= 0.3 is 0 Å². The minimum absolute atomic E-state index is 1.10. The molecule has 0 unspecified atom stereocenters. The van der Waals surface area contributed by atoms with Crippen LogP contribution in [0.1, 0.15) is 0 Å². The molecule has 6 rings (SSSR count). The molecule has 1 nitrogen and oxygen atoms in total. The predicted octanol–water partition coefficient (Wildman–Crippen LogP) is 7.80. The zero-order valence-electron chi connectivity index (χ0n) is 15.1. The van der Waals surface area contributed by atoms with E-state index in [1.807, 2.05) is 0 Å². The van der Waals surface area contributed by atoms with Crippen molar-refractivity contribution in [3.63, 3.8) is 0 Å². The first-order chi connectivity index (χ1) is 13.8. The summed E-state index contributed by atoms with van der Waals surface area (Å²) in [4.78, 5) is 0. The summed E-state index contributed by atoms with van der Waals surface area (Å²) in [6.45, 7) is 0. The van der Waals surface area contributed by atoms with Crippen LogP contribution in [0.15, 0.2) is 102 Å². The van der Waals surface area contributed by atoms with Crippen molar-refractivity contribution in [2.24, 2.45) is 0 Å². The van der Waals surface area contributed by atoms with E-state index < -0.39 is 0 Å². The number of halogens is 1. The normalized spacial score (nSPS) is 11.8. The molecular formula is C26H16BrN. The van der Waals surface area contributed by atoms with Gasteiger partial charge in [0, 0.05) is 20.9 Å². The van der Waals surface area contributed by atoms with Gasteiger partial charge in [-0.3, -0.25) is 0 Å². The Hall–Kier alpha value is -3.10. The van der Waals surface area contributed by atoms with E-state index in [0.29, 0.717) is 0 Å². The lowest BCUT2D eigenvalue weighted by Gasteiger charge is -2.10. The molecule has 0 radical (unpaired) electrons. The second kappa shape index (κ2) is 5.95. The second-order valence-corrected chi connectivity index (χ2v) is 8.13. The fourth-order valence-electron chi connectivity index (χ4n) is 4.39. The van der Waals surface area contributed by atoms with Gasteiger partial charge in [-0.15, -0.1) is 0 Å². The zero-order valence-corrected chi connectivity index (χ0v) is 16.6. The van der Waals surface area contributed by atoms with Crippen molar-refractivity contribution >= 4 is 48.5 Å². The first kappa shape index (κ1) is 15.9. The Morgan fingerprint density at radius 3 is 1.75 bits per heavy atom. The summed E-state index contributed by atoms with van der Waals surface area (Å²) in [5.41, 5.74) is 6.14. The molecule has 0 amide bonds. The third kappa shape index (κ3) is 2.25. The summed E-state index contributed by atoms with van der Waals surface area (Å²) in [7, 11) is 0. The van der Waals surface area contributed by atoms with Crippen LogP contribution in [-0.2, 0) is 0 Å². The van der Waals surface area contributed by atoms with E-state index in [0.717, 1.165) is 4.47 Å². The Labute approximate surface area is 171 Å². The van der Waals surface area contributed by atoms with Gasteiger partial charge < -0.3 is 4.57 Å². The molecule has 0 aliphatic heterocycles. The highest BCUT2D eigenvalue weighted by Gasteiger charge is 2.16. The smallest absolute Gasteiger partial charge is 0.0547 e. The van der Waals surface area contributed by atoms with Crippen molar-refractivity contribution in [2.45, 2.75) is 0 Å². The molecular weight excluding hydrogens is 406 g/mol. The van der Waals surface area contributed by atoms with E-state index in [1.165, 1.54) is 49.4 Å². The number of aromatic nitrogens is 1. The van der Waals surface area contributed by atoms with Crippen LogP contribution < -0.4 is 0 Å². The summed E-state index contributed by atoms with van der Waals surface area (Å²) < 4.78 is 3.49. The lowest BCUT2D eigenvalue weighted by molar-refractivity contribution is 1.18. The molecule has 0 aliphatic carbocycles. The van der Waals surface area contributed by atoms with Gasteiger partial charge in [-0.2, -0.15) is 0 Å². The third-order valence-electron chi connectivity index (χ3n) is 5.59. The van der Waals surface area contributed by atoms with Gasteiger partial charge in [0.25, 0.3) is 0 Å². The summed E-state index contributed by atoms with van der Waals surface area (Å²) >= 11 is 3.59. The highest BCUT2D eigenvalue weighted by atomic mass is 79.9. The van der Waals surface area contributed by atoms with Crippen LogP contribution in [0.2, 0.25) is 0 Å². The van der Waals surface area contributed by atoms with Crippen LogP contribution in [0, 0.1) is 0 Å². The number of benzene rings is 5. The Bertz CT molecular complexity index is 1410. The van der Waals surface area contributed by atoms with Gasteiger partial charge in [-0.25, -0.2) is 0 Å². The van der Waals surface area contributed by atoms with Crippen molar-refractivity contribution in [3.8, 4) is 16.8 Å². The van der Waals surface area contributed by atoms with Crippen molar-refractivity contribution in [1.29, 1.82) is 0 Å². The molecule has 0 saturated carbocycles. The minimum atomic E-state index is 1.10. The van der Waals surface area contributed by atoms with Crippen molar-refractivity contribution in [2.75, 3.05) is 0 Å². The molecule has 28 heavy (non-hydrogen) atoms. The molecule has 1 aromatic heterocycles. The summed E-state index contributed by atoms with van der Waals surface area (Å²) in [6.07, 6.45) is 0. The predicted molar refractivity (Wildman–Crippen MR) is 123 cm³/mol. The van der Waals surface area contributed by atoms with Gasteiger partial charge in [-0.05, 0) is 58.3 Å². The molecule has 2 heteroatoms. The van der Waals surface area contributed by atoms with E-state index in [1.54, 1.807) is 0 Å².